The van der Waals surface area contributed by atoms with E-state index in [0.29, 0.717) is 0 Å². The highest BCUT2D eigenvalue weighted by Crippen LogP contribution is 1.96. The van der Waals surface area contributed by atoms with E-state index in [1.165, 1.54) is 0 Å². The predicted octanol–water partition coefficient (Wildman–Crippen LogP) is 0.0267. The van der Waals surface area contributed by atoms with Crippen molar-refractivity contribution in [1.82, 2.24) is 0 Å². The molecule has 18 heavy (non-hydrogen) atoms. The first-order valence-electron chi connectivity index (χ1n) is 5.32. The van der Waals surface area contributed by atoms with Crippen LogP contribution in [0.5, 0.6) is 0 Å². The maximum atomic E-state index is 11.1. The van der Waals surface area contributed by atoms with Gasteiger partial charge in [0.1, 0.15) is 0 Å². The van der Waals surface area contributed by atoms with Crippen LogP contribution < -0.4 is 0 Å². The zero-order valence-corrected chi connectivity index (χ0v) is 11.1. The molecule has 106 valence electrons. The molecule has 0 fully saturated rings. The fourth-order valence-electron chi connectivity index (χ4n) is 0.872. The van der Waals surface area contributed by atoms with Crippen LogP contribution in [-0.4, -0.2) is 57.7 Å². The molecule has 0 aliphatic rings. The normalized spacial score (nSPS) is 11.2. The lowest BCUT2D eigenvalue weighted by atomic mass is 10.3. The molecule has 0 bridgehead atoms. The second-order valence-corrected chi connectivity index (χ2v) is 4.85. The van der Waals surface area contributed by atoms with Crippen LogP contribution in [0.2, 0.25) is 0 Å². The molecule has 0 heterocycles. The first kappa shape index (κ1) is 17.0. The molecule has 7 nitrogen and oxygen atoms in total. The van der Waals surface area contributed by atoms with E-state index in [4.69, 9.17) is 18.8 Å². The second kappa shape index (κ2) is 9.03. The van der Waals surface area contributed by atoms with Crippen molar-refractivity contribution in [1.29, 1.82) is 0 Å². The van der Waals surface area contributed by atoms with E-state index >= 15 is 0 Å². The summed E-state index contributed by atoms with van der Waals surface area (Å²) < 4.78 is 43.7. The van der Waals surface area contributed by atoms with Crippen molar-refractivity contribution in [2.45, 2.75) is 6.92 Å². The molecular weight excluding hydrogens is 264 g/mol. The molecule has 0 spiro atoms. The minimum absolute atomic E-state index is 0.0283. The molecule has 0 radical (unpaired) electrons. The molecule has 0 rings (SSSR count). The smallest absolute Gasteiger partial charge is 0.335 e. The van der Waals surface area contributed by atoms with Crippen molar-refractivity contribution in [2.24, 2.45) is 0 Å². The molecule has 0 saturated carbocycles. The summed E-state index contributed by atoms with van der Waals surface area (Å²) in [7, 11) is -3.99. The van der Waals surface area contributed by atoms with Crippen molar-refractivity contribution in [2.75, 3.05) is 38.8 Å². The quantitative estimate of drug-likeness (QED) is 0.261. The Morgan fingerprint density at radius 1 is 1.22 bits per heavy atom. The van der Waals surface area contributed by atoms with Gasteiger partial charge in [-0.25, -0.2) is 4.79 Å². The lowest BCUT2D eigenvalue weighted by Crippen LogP contribution is -2.15. The second-order valence-electron chi connectivity index (χ2n) is 3.28. The fraction of sp³-hybridized carbons (Fsp3) is 0.700. The van der Waals surface area contributed by atoms with E-state index in [2.05, 4.69) is 6.58 Å². The highest BCUT2D eigenvalue weighted by atomic mass is 32.2. The Balaban J connectivity index is 3.46. The van der Waals surface area contributed by atoms with E-state index < -0.39 is 21.8 Å². The Kier molecular flexibility index (Phi) is 8.55. The van der Waals surface area contributed by atoms with E-state index in [1.54, 1.807) is 6.92 Å². The van der Waals surface area contributed by atoms with Crippen molar-refractivity contribution in [3.8, 4) is 0 Å². The number of carbonyl (C=O) groups is 1. The largest absolute Gasteiger partial charge is 0.463 e. The fourth-order valence-corrected chi connectivity index (χ4v) is 1.20. The molecule has 0 amide bonds. The molecule has 8 heteroatoms. The molecule has 0 aromatic rings. The predicted molar refractivity (Wildman–Crippen MR) is 63.8 cm³/mol. The van der Waals surface area contributed by atoms with E-state index in [9.17, 15) is 13.2 Å². The summed E-state index contributed by atoms with van der Waals surface area (Å²) in [4.78, 5) is 11.1. The highest BCUT2D eigenvalue weighted by Gasteiger charge is 2.07. The highest BCUT2D eigenvalue weighted by molar-refractivity contribution is 7.85. The molecule has 0 unspecified atom stereocenters. The van der Waals surface area contributed by atoms with Gasteiger partial charge >= 0.3 is 5.97 Å². The van der Waals surface area contributed by atoms with E-state index in [0.717, 1.165) is 0 Å². The Morgan fingerprint density at radius 2 is 1.83 bits per heavy atom. The SMILES string of the molecule is C=C(COCCOCCS(=O)(=O)O)C(=O)OCC. The number of rotatable bonds is 10. The average molecular weight is 282 g/mol. The number of hydrogen-bond donors (Lipinski definition) is 1. The standard InChI is InChI=1S/C10H18O7S/c1-3-17-10(11)9(2)8-16-5-4-15-6-7-18(12,13)14/h2-8H2,1H3,(H,12,13,14). The zero-order valence-electron chi connectivity index (χ0n) is 10.3. The first-order valence-corrected chi connectivity index (χ1v) is 6.93. The van der Waals surface area contributed by atoms with Crippen LogP contribution in [0.3, 0.4) is 0 Å². The minimum Gasteiger partial charge on any atom is -0.463 e. The van der Waals surface area contributed by atoms with Crippen LogP contribution in [0.4, 0.5) is 0 Å². The minimum atomic E-state index is -3.99. The van der Waals surface area contributed by atoms with Crippen molar-refractivity contribution in [3.05, 3.63) is 12.2 Å². The summed E-state index contributed by atoms with van der Waals surface area (Å²) >= 11 is 0. The summed E-state index contributed by atoms with van der Waals surface area (Å²) in [6.45, 7) is 5.71. The Labute approximate surface area is 106 Å². The van der Waals surface area contributed by atoms with E-state index in [1.807, 2.05) is 0 Å². The maximum absolute atomic E-state index is 11.1. The van der Waals surface area contributed by atoms with Crippen molar-refractivity contribution in [3.63, 3.8) is 0 Å². The van der Waals surface area contributed by atoms with E-state index in [-0.39, 0.29) is 38.6 Å². The molecule has 0 atom stereocenters. The molecular formula is C10H18O7S. The van der Waals surface area contributed by atoms with Gasteiger partial charge in [-0.1, -0.05) is 6.58 Å². The zero-order chi connectivity index (χ0) is 14.0. The number of esters is 1. The topological polar surface area (TPSA) is 99.1 Å². The summed E-state index contributed by atoms with van der Waals surface area (Å²) in [6.07, 6.45) is 0. The Morgan fingerprint density at radius 3 is 2.39 bits per heavy atom. The van der Waals surface area contributed by atoms with Gasteiger partial charge in [-0.3, -0.25) is 4.55 Å². The van der Waals surface area contributed by atoms with Gasteiger partial charge in [0, 0.05) is 0 Å². The summed E-state index contributed by atoms with van der Waals surface area (Å²) in [5.41, 5.74) is 0.204. The van der Waals surface area contributed by atoms with Gasteiger partial charge < -0.3 is 14.2 Å². The number of carbonyl (C=O) groups excluding carboxylic acids is 1. The molecule has 0 saturated heterocycles. The molecule has 0 aliphatic carbocycles. The van der Waals surface area contributed by atoms with Gasteiger partial charge in [-0.2, -0.15) is 8.42 Å². The summed E-state index contributed by atoms with van der Waals surface area (Å²) in [5.74, 6) is -0.965. The van der Waals surface area contributed by atoms with Crippen LogP contribution in [0.25, 0.3) is 0 Å². The maximum Gasteiger partial charge on any atom is 0.335 e. The Hall–Kier alpha value is -0.960. The summed E-state index contributed by atoms with van der Waals surface area (Å²) in [6, 6.07) is 0. The third-order valence-electron chi connectivity index (χ3n) is 1.70. The lowest BCUT2D eigenvalue weighted by Gasteiger charge is -2.07. The van der Waals surface area contributed by atoms with Gasteiger partial charge in [-0.05, 0) is 6.92 Å². The molecule has 1 N–H and O–H groups in total. The van der Waals surface area contributed by atoms with Gasteiger partial charge in [0.05, 0.1) is 44.4 Å². The van der Waals surface area contributed by atoms with Crippen LogP contribution in [-0.2, 0) is 29.1 Å². The van der Waals surface area contributed by atoms with Crippen molar-refractivity contribution < 1.29 is 32.0 Å². The van der Waals surface area contributed by atoms with Crippen molar-refractivity contribution >= 4 is 16.1 Å². The molecule has 0 aromatic carbocycles. The first-order chi connectivity index (χ1) is 8.37. The third-order valence-corrected chi connectivity index (χ3v) is 2.38. The van der Waals surface area contributed by atoms with Gasteiger partial charge in [0.25, 0.3) is 10.1 Å². The average Bonchev–Trinajstić information content (AvgIpc) is 2.26. The van der Waals surface area contributed by atoms with Crippen LogP contribution >= 0.6 is 0 Å². The molecule has 0 aromatic heterocycles. The van der Waals surface area contributed by atoms with Gasteiger partial charge in [0.15, 0.2) is 0 Å². The van der Waals surface area contributed by atoms with Gasteiger partial charge in [0.2, 0.25) is 0 Å². The summed E-state index contributed by atoms with van der Waals surface area (Å²) in [5, 5.41) is 0. The van der Waals surface area contributed by atoms with Crippen LogP contribution in [0.1, 0.15) is 6.92 Å². The van der Waals surface area contributed by atoms with Crippen LogP contribution in [0, 0.1) is 0 Å². The molecule has 0 aliphatic heterocycles. The van der Waals surface area contributed by atoms with Crippen LogP contribution in [0.15, 0.2) is 12.2 Å². The monoisotopic (exact) mass is 282 g/mol. The van der Waals surface area contributed by atoms with Gasteiger partial charge in [-0.15, -0.1) is 0 Å². The number of hydrogen-bond acceptors (Lipinski definition) is 6. The lowest BCUT2D eigenvalue weighted by molar-refractivity contribution is -0.139. The number of ether oxygens (including phenoxy) is 3. The Bertz CT molecular complexity index is 360. The third kappa shape index (κ3) is 10.2.